The molecule has 0 saturated heterocycles. The van der Waals surface area contributed by atoms with Gasteiger partial charge >= 0.3 is 0 Å². The predicted octanol–water partition coefficient (Wildman–Crippen LogP) is 6.13. The van der Waals surface area contributed by atoms with Crippen LogP contribution >= 0.6 is 0 Å². The molecule has 0 bridgehead atoms. The highest BCUT2D eigenvalue weighted by molar-refractivity contribution is 6.09. The van der Waals surface area contributed by atoms with Crippen LogP contribution in [0.3, 0.4) is 0 Å². The molecule has 0 fully saturated rings. The summed E-state index contributed by atoms with van der Waals surface area (Å²) in [6.45, 7) is 7.45. The number of allylic oxidation sites excluding steroid dienone is 3. The number of ketones is 1. The van der Waals surface area contributed by atoms with Crippen molar-refractivity contribution in [2.24, 2.45) is 0 Å². The molecule has 136 valence electrons. The molecule has 0 heterocycles. The normalized spacial score (nSPS) is 12.3. The Hall–Kier alpha value is -2.45. The molecular weight excluding hydrogens is 320 g/mol. The molecule has 0 amide bonds. The second-order valence-corrected chi connectivity index (χ2v) is 6.61. The summed E-state index contributed by atoms with van der Waals surface area (Å²) in [6, 6.07) is 17.0. The monoisotopic (exact) mass is 348 g/mol. The highest BCUT2D eigenvalue weighted by Crippen LogP contribution is 2.13. The van der Waals surface area contributed by atoms with Gasteiger partial charge in [-0.2, -0.15) is 0 Å². The fourth-order valence-electron chi connectivity index (χ4n) is 2.64. The van der Waals surface area contributed by atoms with E-state index in [4.69, 9.17) is 4.74 Å². The van der Waals surface area contributed by atoms with E-state index >= 15 is 0 Å². The lowest BCUT2D eigenvalue weighted by Gasteiger charge is -2.07. The number of benzene rings is 2. The fourth-order valence-corrected chi connectivity index (χ4v) is 2.64. The molecule has 0 aromatic heterocycles. The molecule has 0 aliphatic rings. The van der Waals surface area contributed by atoms with Crippen LogP contribution in [-0.2, 0) is 11.3 Å². The molecule has 0 saturated carbocycles. The average molecular weight is 348 g/mol. The molecule has 0 spiro atoms. The first-order valence-corrected chi connectivity index (χ1v) is 9.14. The van der Waals surface area contributed by atoms with Crippen LogP contribution in [0.4, 0.5) is 0 Å². The summed E-state index contributed by atoms with van der Waals surface area (Å²) >= 11 is 0. The van der Waals surface area contributed by atoms with Crippen LogP contribution < -0.4 is 0 Å². The number of carbonyl (C=O) groups excluding carboxylic acids is 1. The van der Waals surface area contributed by atoms with Gasteiger partial charge in [-0.15, -0.1) is 0 Å². The van der Waals surface area contributed by atoms with Crippen LogP contribution in [0.15, 0.2) is 77.9 Å². The summed E-state index contributed by atoms with van der Waals surface area (Å²) in [5, 5.41) is 0. The summed E-state index contributed by atoms with van der Waals surface area (Å²) in [6.07, 6.45) is 6.54. The van der Waals surface area contributed by atoms with Gasteiger partial charge in [-0.1, -0.05) is 71.8 Å². The van der Waals surface area contributed by atoms with Gasteiger partial charge in [0.25, 0.3) is 0 Å². The SMILES string of the molecule is CC=C(C)CCC=C(C)COCc1cccc(C(=O)c2ccccc2)c1. The smallest absolute Gasteiger partial charge is 0.193 e. The molecule has 2 aromatic carbocycles. The van der Waals surface area contributed by atoms with E-state index < -0.39 is 0 Å². The molecular formula is C24H28O2. The van der Waals surface area contributed by atoms with Gasteiger partial charge < -0.3 is 4.74 Å². The van der Waals surface area contributed by atoms with Gasteiger partial charge in [0.15, 0.2) is 5.78 Å². The van der Waals surface area contributed by atoms with Crippen molar-refractivity contribution in [1.29, 1.82) is 0 Å². The fraction of sp³-hybridized carbons (Fsp3) is 0.292. The van der Waals surface area contributed by atoms with Gasteiger partial charge in [0.2, 0.25) is 0 Å². The molecule has 26 heavy (non-hydrogen) atoms. The number of hydrogen-bond donors (Lipinski definition) is 0. The van der Waals surface area contributed by atoms with Gasteiger partial charge in [0.1, 0.15) is 0 Å². The zero-order chi connectivity index (χ0) is 18.8. The first-order chi connectivity index (χ1) is 12.6. The van der Waals surface area contributed by atoms with E-state index in [1.807, 2.05) is 54.6 Å². The second-order valence-electron chi connectivity index (χ2n) is 6.61. The van der Waals surface area contributed by atoms with E-state index in [1.165, 1.54) is 11.1 Å². The van der Waals surface area contributed by atoms with Gasteiger partial charge in [-0.3, -0.25) is 4.79 Å². The number of hydrogen-bond acceptors (Lipinski definition) is 2. The van der Waals surface area contributed by atoms with E-state index in [2.05, 4.69) is 32.9 Å². The molecule has 0 aliphatic heterocycles. The Labute approximate surface area is 157 Å². The third-order valence-electron chi connectivity index (χ3n) is 4.35. The topological polar surface area (TPSA) is 26.3 Å². The Balaban J connectivity index is 1.87. The molecule has 0 N–H and O–H groups in total. The first-order valence-electron chi connectivity index (χ1n) is 9.14. The number of carbonyl (C=O) groups is 1. The van der Waals surface area contributed by atoms with E-state index in [-0.39, 0.29) is 5.78 Å². The first kappa shape index (κ1) is 19.9. The Morgan fingerprint density at radius 2 is 1.69 bits per heavy atom. The van der Waals surface area contributed by atoms with Gasteiger partial charge in [0.05, 0.1) is 13.2 Å². The molecule has 2 aromatic rings. The van der Waals surface area contributed by atoms with Crippen molar-refractivity contribution in [2.75, 3.05) is 6.61 Å². The minimum atomic E-state index is 0.0443. The summed E-state index contributed by atoms with van der Waals surface area (Å²) in [7, 11) is 0. The van der Waals surface area contributed by atoms with Gasteiger partial charge in [-0.25, -0.2) is 0 Å². The molecule has 0 unspecified atom stereocenters. The zero-order valence-electron chi connectivity index (χ0n) is 16.0. The predicted molar refractivity (Wildman–Crippen MR) is 108 cm³/mol. The quantitative estimate of drug-likeness (QED) is 0.403. The summed E-state index contributed by atoms with van der Waals surface area (Å²) < 4.78 is 5.81. The van der Waals surface area contributed by atoms with Gasteiger partial charge in [0, 0.05) is 11.1 Å². The van der Waals surface area contributed by atoms with E-state index in [9.17, 15) is 4.79 Å². The Morgan fingerprint density at radius 1 is 0.962 bits per heavy atom. The van der Waals surface area contributed by atoms with Crippen molar-refractivity contribution in [3.05, 3.63) is 94.6 Å². The summed E-state index contributed by atoms with van der Waals surface area (Å²) in [5.41, 5.74) is 5.08. The molecule has 2 nitrogen and oxygen atoms in total. The summed E-state index contributed by atoms with van der Waals surface area (Å²) in [4.78, 5) is 12.5. The van der Waals surface area contributed by atoms with Crippen molar-refractivity contribution >= 4 is 5.78 Å². The minimum Gasteiger partial charge on any atom is -0.372 e. The largest absolute Gasteiger partial charge is 0.372 e. The number of rotatable bonds is 9. The Morgan fingerprint density at radius 3 is 2.42 bits per heavy atom. The molecule has 2 rings (SSSR count). The van der Waals surface area contributed by atoms with Crippen LogP contribution in [0.5, 0.6) is 0 Å². The maximum Gasteiger partial charge on any atom is 0.193 e. The van der Waals surface area contributed by atoms with Crippen molar-refractivity contribution in [3.8, 4) is 0 Å². The minimum absolute atomic E-state index is 0.0443. The third kappa shape index (κ3) is 6.45. The van der Waals surface area contributed by atoms with Crippen LogP contribution in [-0.4, -0.2) is 12.4 Å². The highest BCUT2D eigenvalue weighted by Gasteiger charge is 2.08. The highest BCUT2D eigenvalue weighted by atomic mass is 16.5. The lowest BCUT2D eigenvalue weighted by molar-refractivity contribution is 0.103. The van der Waals surface area contributed by atoms with Crippen molar-refractivity contribution in [2.45, 2.75) is 40.2 Å². The van der Waals surface area contributed by atoms with Crippen molar-refractivity contribution in [3.63, 3.8) is 0 Å². The molecule has 0 radical (unpaired) electrons. The van der Waals surface area contributed by atoms with E-state index in [1.54, 1.807) is 0 Å². The summed E-state index contributed by atoms with van der Waals surface area (Å²) in [5.74, 6) is 0.0443. The average Bonchev–Trinajstić information content (AvgIpc) is 2.68. The van der Waals surface area contributed by atoms with E-state index in [0.29, 0.717) is 24.3 Å². The Kier molecular flexibility index (Phi) is 8.04. The second kappa shape index (κ2) is 10.5. The van der Waals surface area contributed by atoms with Crippen LogP contribution in [0.2, 0.25) is 0 Å². The van der Waals surface area contributed by atoms with Crippen LogP contribution in [0.25, 0.3) is 0 Å². The van der Waals surface area contributed by atoms with E-state index in [0.717, 1.165) is 18.4 Å². The maximum absolute atomic E-state index is 12.5. The van der Waals surface area contributed by atoms with Gasteiger partial charge in [-0.05, 0) is 45.2 Å². The Bertz CT molecular complexity index is 770. The van der Waals surface area contributed by atoms with Crippen molar-refractivity contribution in [1.82, 2.24) is 0 Å². The van der Waals surface area contributed by atoms with Crippen LogP contribution in [0, 0.1) is 0 Å². The zero-order valence-corrected chi connectivity index (χ0v) is 16.0. The standard InChI is InChI=1S/C24H28O2/c1-4-19(2)10-8-11-20(3)17-26-18-21-12-9-15-23(16-21)24(25)22-13-6-5-7-14-22/h4-7,9,11-16H,8,10,17-18H2,1-3H3. The number of ether oxygens (including phenoxy) is 1. The molecule has 2 heteroatoms. The van der Waals surface area contributed by atoms with Crippen LogP contribution in [0.1, 0.15) is 55.1 Å². The van der Waals surface area contributed by atoms with Crippen molar-refractivity contribution < 1.29 is 9.53 Å². The maximum atomic E-state index is 12.5. The molecule has 0 aliphatic carbocycles. The lowest BCUT2D eigenvalue weighted by atomic mass is 10.0. The molecule has 0 atom stereocenters. The lowest BCUT2D eigenvalue weighted by Crippen LogP contribution is -2.03. The third-order valence-corrected chi connectivity index (χ3v) is 4.35.